The Morgan fingerprint density at radius 3 is 2.47 bits per heavy atom. The molecular formula is C11H24N2O2. The fourth-order valence-corrected chi connectivity index (χ4v) is 1.10. The van der Waals surface area contributed by atoms with Gasteiger partial charge in [0.2, 0.25) is 5.91 Å². The summed E-state index contributed by atoms with van der Waals surface area (Å²) in [5, 5.41) is 2.76. The lowest BCUT2D eigenvalue weighted by molar-refractivity contribution is -0.123. The van der Waals surface area contributed by atoms with Crippen molar-refractivity contribution in [2.45, 2.75) is 46.3 Å². The second kappa shape index (κ2) is 7.65. The Kier molecular flexibility index (Phi) is 7.34. The lowest BCUT2D eigenvalue weighted by atomic mass is 9.99. The van der Waals surface area contributed by atoms with Crippen molar-refractivity contribution in [3.05, 3.63) is 0 Å². The van der Waals surface area contributed by atoms with Crippen LogP contribution in [0.3, 0.4) is 0 Å². The number of hydrogen-bond donors (Lipinski definition) is 2. The monoisotopic (exact) mass is 216 g/mol. The summed E-state index contributed by atoms with van der Waals surface area (Å²) < 4.78 is 5.30. The van der Waals surface area contributed by atoms with Gasteiger partial charge in [0.1, 0.15) is 0 Å². The van der Waals surface area contributed by atoms with Crippen molar-refractivity contribution in [3.8, 4) is 0 Å². The molecule has 0 aromatic carbocycles. The van der Waals surface area contributed by atoms with E-state index in [4.69, 9.17) is 10.5 Å². The van der Waals surface area contributed by atoms with E-state index in [0.29, 0.717) is 13.2 Å². The molecule has 0 aliphatic carbocycles. The number of nitrogens with two attached hydrogens (primary N) is 1. The fourth-order valence-electron chi connectivity index (χ4n) is 1.10. The molecule has 3 N–H and O–H groups in total. The molecule has 0 aliphatic rings. The van der Waals surface area contributed by atoms with Gasteiger partial charge in [-0.1, -0.05) is 20.3 Å². The molecule has 1 unspecified atom stereocenters. The molecule has 0 aromatic rings. The summed E-state index contributed by atoms with van der Waals surface area (Å²) in [5.74, 6) is 0.132. The molecule has 0 saturated heterocycles. The van der Waals surface area contributed by atoms with Crippen molar-refractivity contribution < 1.29 is 9.53 Å². The minimum Gasteiger partial charge on any atom is -0.377 e. The number of hydrogen-bond acceptors (Lipinski definition) is 3. The molecule has 0 fully saturated rings. The molecule has 1 amide bonds. The third-order valence-corrected chi connectivity index (χ3v) is 2.41. The Balaban J connectivity index is 3.65. The lowest BCUT2D eigenvalue weighted by Crippen LogP contribution is -2.45. The number of carbonyl (C=O) groups is 1. The van der Waals surface area contributed by atoms with E-state index in [1.54, 1.807) is 0 Å². The molecule has 2 atom stereocenters. The number of carbonyl (C=O) groups excluding carboxylic acids is 1. The minimum atomic E-state index is -0.408. The van der Waals surface area contributed by atoms with Crippen LogP contribution >= 0.6 is 0 Å². The quantitative estimate of drug-likeness (QED) is 0.621. The van der Waals surface area contributed by atoms with Crippen LogP contribution in [0.25, 0.3) is 0 Å². The number of ether oxygens (including phenoxy) is 1. The van der Waals surface area contributed by atoms with Crippen molar-refractivity contribution >= 4 is 5.91 Å². The fraction of sp³-hybridized carbons (Fsp3) is 0.909. The topological polar surface area (TPSA) is 64.4 Å². The molecule has 0 heterocycles. The molecule has 0 aliphatic heterocycles. The van der Waals surface area contributed by atoms with E-state index in [0.717, 1.165) is 6.42 Å². The highest BCUT2D eigenvalue weighted by Crippen LogP contribution is 2.04. The van der Waals surface area contributed by atoms with Crippen LogP contribution in [0.4, 0.5) is 0 Å². The van der Waals surface area contributed by atoms with Gasteiger partial charge in [-0.2, -0.15) is 0 Å². The van der Waals surface area contributed by atoms with Crippen LogP contribution < -0.4 is 11.1 Å². The maximum atomic E-state index is 11.5. The van der Waals surface area contributed by atoms with Crippen LogP contribution in [0.2, 0.25) is 0 Å². The maximum absolute atomic E-state index is 11.5. The molecule has 0 rings (SSSR count). The van der Waals surface area contributed by atoms with Crippen molar-refractivity contribution in [3.63, 3.8) is 0 Å². The zero-order valence-electron chi connectivity index (χ0n) is 10.2. The summed E-state index contributed by atoms with van der Waals surface area (Å²) in [6.45, 7) is 9.01. The summed E-state index contributed by atoms with van der Waals surface area (Å²) in [4.78, 5) is 11.5. The molecule has 4 nitrogen and oxygen atoms in total. The molecule has 0 aromatic heterocycles. The summed E-state index contributed by atoms with van der Waals surface area (Å²) in [6.07, 6.45) is 1.11. The van der Waals surface area contributed by atoms with Gasteiger partial charge in [-0.15, -0.1) is 0 Å². The van der Waals surface area contributed by atoms with Crippen LogP contribution in [-0.4, -0.2) is 31.2 Å². The van der Waals surface area contributed by atoms with Crippen molar-refractivity contribution in [2.24, 2.45) is 11.7 Å². The predicted octanol–water partition coefficient (Wildman–Crippen LogP) is 0.901. The molecule has 15 heavy (non-hydrogen) atoms. The van der Waals surface area contributed by atoms with Gasteiger partial charge in [0.25, 0.3) is 0 Å². The molecular weight excluding hydrogens is 192 g/mol. The maximum Gasteiger partial charge on any atom is 0.237 e. The largest absolute Gasteiger partial charge is 0.377 e. The minimum absolute atomic E-state index is 0.0864. The Morgan fingerprint density at radius 2 is 2.00 bits per heavy atom. The van der Waals surface area contributed by atoms with Gasteiger partial charge >= 0.3 is 0 Å². The van der Waals surface area contributed by atoms with Gasteiger partial charge in [-0.3, -0.25) is 4.79 Å². The molecule has 4 heteroatoms. The van der Waals surface area contributed by atoms with Gasteiger partial charge in [-0.25, -0.2) is 0 Å². The molecule has 0 spiro atoms. The highest BCUT2D eigenvalue weighted by Gasteiger charge is 2.18. The van der Waals surface area contributed by atoms with Crippen LogP contribution in [0.5, 0.6) is 0 Å². The van der Waals surface area contributed by atoms with Crippen molar-refractivity contribution in [2.75, 3.05) is 13.2 Å². The smallest absolute Gasteiger partial charge is 0.237 e. The third kappa shape index (κ3) is 6.47. The first-order valence-electron chi connectivity index (χ1n) is 5.63. The molecule has 0 bridgehead atoms. The summed E-state index contributed by atoms with van der Waals surface area (Å²) in [5.41, 5.74) is 5.76. The van der Waals surface area contributed by atoms with E-state index in [1.165, 1.54) is 0 Å². The zero-order valence-corrected chi connectivity index (χ0v) is 10.2. The van der Waals surface area contributed by atoms with Crippen LogP contribution in [-0.2, 0) is 9.53 Å². The highest BCUT2D eigenvalue weighted by atomic mass is 16.5. The predicted molar refractivity (Wildman–Crippen MR) is 61.5 cm³/mol. The van der Waals surface area contributed by atoms with E-state index < -0.39 is 6.04 Å². The van der Waals surface area contributed by atoms with Gasteiger partial charge in [-0.05, 0) is 19.8 Å². The Hall–Kier alpha value is -0.610. The Morgan fingerprint density at radius 1 is 1.40 bits per heavy atom. The summed E-state index contributed by atoms with van der Waals surface area (Å²) in [7, 11) is 0. The second-order valence-electron chi connectivity index (χ2n) is 4.12. The summed E-state index contributed by atoms with van der Waals surface area (Å²) in [6, 6.07) is -0.408. The number of nitrogens with one attached hydrogen (secondary N) is 1. The van der Waals surface area contributed by atoms with E-state index in [9.17, 15) is 4.79 Å². The first-order chi connectivity index (χ1) is 6.99. The molecule has 0 saturated carbocycles. The van der Waals surface area contributed by atoms with Crippen molar-refractivity contribution in [1.82, 2.24) is 5.32 Å². The van der Waals surface area contributed by atoms with E-state index in [2.05, 4.69) is 5.32 Å². The molecule has 90 valence electrons. The van der Waals surface area contributed by atoms with Crippen LogP contribution in [0.1, 0.15) is 34.1 Å². The van der Waals surface area contributed by atoms with Gasteiger partial charge in [0.05, 0.1) is 18.8 Å². The van der Waals surface area contributed by atoms with Gasteiger partial charge in [0, 0.05) is 6.54 Å². The van der Waals surface area contributed by atoms with Crippen molar-refractivity contribution in [1.29, 1.82) is 0 Å². The SMILES string of the molecule is CCC(C)[C@H](N)C(=O)NCCOC(C)C. The lowest BCUT2D eigenvalue weighted by Gasteiger charge is -2.17. The highest BCUT2D eigenvalue weighted by molar-refractivity contribution is 5.81. The van der Waals surface area contributed by atoms with Gasteiger partial charge in [0.15, 0.2) is 0 Å². The normalized spacial score (nSPS) is 15.1. The van der Waals surface area contributed by atoms with E-state index >= 15 is 0 Å². The average Bonchev–Trinajstić information content (AvgIpc) is 2.21. The van der Waals surface area contributed by atoms with E-state index in [1.807, 2.05) is 27.7 Å². The van der Waals surface area contributed by atoms with Gasteiger partial charge < -0.3 is 15.8 Å². The average molecular weight is 216 g/mol. The number of amides is 1. The van der Waals surface area contributed by atoms with E-state index in [-0.39, 0.29) is 17.9 Å². The standard InChI is InChI=1S/C11H24N2O2/c1-5-9(4)10(12)11(14)13-6-7-15-8(2)3/h8-10H,5-7,12H2,1-4H3,(H,13,14)/t9?,10-/m0/s1. The Labute approximate surface area is 92.6 Å². The third-order valence-electron chi connectivity index (χ3n) is 2.41. The van der Waals surface area contributed by atoms with Crippen LogP contribution in [0, 0.1) is 5.92 Å². The van der Waals surface area contributed by atoms with Crippen LogP contribution in [0.15, 0.2) is 0 Å². The zero-order chi connectivity index (χ0) is 11.8. The second-order valence-corrected chi connectivity index (χ2v) is 4.12. The Bertz CT molecular complexity index is 183. The summed E-state index contributed by atoms with van der Waals surface area (Å²) >= 11 is 0. The number of rotatable bonds is 7. The first-order valence-corrected chi connectivity index (χ1v) is 5.63. The molecule has 0 radical (unpaired) electrons. The first kappa shape index (κ1) is 14.4.